The minimum Gasteiger partial charge on any atom is -0.481 e. The number of nitrogens with zero attached hydrogens (tertiary/aromatic N) is 2. The van der Waals surface area contributed by atoms with Gasteiger partial charge in [0.25, 0.3) is 0 Å². The zero-order valence-corrected chi connectivity index (χ0v) is 11.6. The van der Waals surface area contributed by atoms with E-state index in [9.17, 15) is 4.79 Å². The Bertz CT molecular complexity index is 362. The molecule has 0 bridgehead atoms. The van der Waals surface area contributed by atoms with Gasteiger partial charge in [-0.3, -0.25) is 14.7 Å². The van der Waals surface area contributed by atoms with Crippen LogP contribution in [0.25, 0.3) is 0 Å². The maximum absolute atomic E-state index is 10.9. The first kappa shape index (κ1) is 17.2. The summed E-state index contributed by atoms with van der Waals surface area (Å²) in [5.41, 5.74) is 1.01. The Kier molecular flexibility index (Phi) is 7.91. The summed E-state index contributed by atoms with van der Waals surface area (Å²) >= 11 is 0. The molecule has 2 rings (SSSR count). The number of hydrogen-bond donors (Lipinski definition) is 1. The van der Waals surface area contributed by atoms with Gasteiger partial charge in [0.1, 0.15) is 0 Å². The number of rotatable bonds is 3. The number of piperidine rings is 1. The van der Waals surface area contributed by atoms with Crippen molar-refractivity contribution < 1.29 is 9.90 Å². The number of likely N-dealkylation sites (tertiary alicyclic amines) is 1. The Balaban J connectivity index is 0.00000144. The minimum atomic E-state index is -0.675. The van der Waals surface area contributed by atoms with Crippen LogP contribution in [0.15, 0.2) is 24.4 Å². The molecule has 1 aromatic rings. The van der Waals surface area contributed by atoms with E-state index in [0.29, 0.717) is 6.54 Å². The normalized spacial score (nSPS) is 19.4. The predicted octanol–water partition coefficient (Wildman–Crippen LogP) is 2.22. The molecule has 0 saturated carbocycles. The molecule has 0 radical (unpaired) electrons. The van der Waals surface area contributed by atoms with Crippen molar-refractivity contribution in [2.45, 2.75) is 19.4 Å². The summed E-state index contributed by atoms with van der Waals surface area (Å²) in [6.07, 6.45) is 3.53. The second-order valence-electron chi connectivity index (χ2n) is 4.23. The molecule has 4 nitrogen and oxygen atoms in total. The van der Waals surface area contributed by atoms with E-state index < -0.39 is 5.97 Å². The largest absolute Gasteiger partial charge is 0.481 e. The molecule has 1 aliphatic rings. The fourth-order valence-electron chi connectivity index (χ4n) is 2.12. The highest BCUT2D eigenvalue weighted by Crippen LogP contribution is 2.17. The monoisotopic (exact) mass is 292 g/mol. The quantitative estimate of drug-likeness (QED) is 0.928. The van der Waals surface area contributed by atoms with E-state index in [2.05, 4.69) is 9.88 Å². The van der Waals surface area contributed by atoms with Crippen LogP contribution >= 0.6 is 24.8 Å². The minimum absolute atomic E-state index is 0. The van der Waals surface area contributed by atoms with Gasteiger partial charge in [-0.1, -0.05) is 6.07 Å². The average Bonchev–Trinajstić information content (AvgIpc) is 2.30. The van der Waals surface area contributed by atoms with E-state index in [1.165, 1.54) is 0 Å². The molecule has 102 valence electrons. The number of carbonyl (C=O) groups is 1. The molecule has 1 aromatic heterocycles. The van der Waals surface area contributed by atoms with Gasteiger partial charge < -0.3 is 5.11 Å². The first-order chi connectivity index (χ1) is 7.75. The van der Waals surface area contributed by atoms with Gasteiger partial charge >= 0.3 is 5.97 Å². The van der Waals surface area contributed by atoms with Crippen LogP contribution in [0.1, 0.15) is 18.5 Å². The summed E-state index contributed by atoms with van der Waals surface area (Å²) in [4.78, 5) is 17.3. The Morgan fingerprint density at radius 1 is 1.44 bits per heavy atom. The van der Waals surface area contributed by atoms with Crippen molar-refractivity contribution in [3.05, 3.63) is 30.1 Å². The van der Waals surface area contributed by atoms with Gasteiger partial charge in [-0.05, 0) is 31.5 Å². The third kappa shape index (κ3) is 4.80. The molecule has 6 heteroatoms. The molecular weight excluding hydrogens is 275 g/mol. The summed E-state index contributed by atoms with van der Waals surface area (Å²) in [5, 5.41) is 8.98. The molecular formula is C12H18Cl2N2O2. The Morgan fingerprint density at radius 2 is 2.22 bits per heavy atom. The number of carboxylic acid groups (broad SMARTS) is 1. The number of halogens is 2. The standard InChI is InChI=1S/C12H16N2O2.2ClH/c15-12(16)10-4-3-7-14(8-10)9-11-5-1-2-6-13-11;;/h1-2,5-6,10H,3-4,7-9H2,(H,15,16);2*1H/t10-;;/m0../s1. The van der Waals surface area contributed by atoms with Gasteiger partial charge in [0, 0.05) is 19.3 Å². The maximum Gasteiger partial charge on any atom is 0.307 e. The number of pyridine rings is 1. The molecule has 0 aromatic carbocycles. The van der Waals surface area contributed by atoms with Crippen molar-refractivity contribution in [1.82, 2.24) is 9.88 Å². The lowest BCUT2D eigenvalue weighted by Gasteiger charge is -2.30. The van der Waals surface area contributed by atoms with E-state index in [1.807, 2.05) is 18.2 Å². The van der Waals surface area contributed by atoms with Gasteiger partial charge in [-0.2, -0.15) is 0 Å². The zero-order valence-electron chi connectivity index (χ0n) is 9.99. The summed E-state index contributed by atoms with van der Waals surface area (Å²) < 4.78 is 0. The Morgan fingerprint density at radius 3 is 2.83 bits per heavy atom. The highest BCUT2D eigenvalue weighted by molar-refractivity contribution is 5.85. The molecule has 1 atom stereocenters. The van der Waals surface area contributed by atoms with E-state index >= 15 is 0 Å². The van der Waals surface area contributed by atoms with Crippen molar-refractivity contribution >= 4 is 30.8 Å². The summed E-state index contributed by atoms with van der Waals surface area (Å²) in [7, 11) is 0. The number of carboxylic acids is 1. The van der Waals surface area contributed by atoms with Crippen molar-refractivity contribution in [2.24, 2.45) is 5.92 Å². The smallest absolute Gasteiger partial charge is 0.307 e. The summed E-state index contributed by atoms with van der Waals surface area (Å²) in [5.74, 6) is -0.886. The molecule has 18 heavy (non-hydrogen) atoms. The first-order valence-corrected chi connectivity index (χ1v) is 5.61. The number of aromatic nitrogens is 1. The van der Waals surface area contributed by atoms with E-state index in [1.54, 1.807) is 6.20 Å². The molecule has 0 aliphatic carbocycles. The van der Waals surface area contributed by atoms with Crippen molar-refractivity contribution in [3.63, 3.8) is 0 Å². The van der Waals surface area contributed by atoms with Crippen molar-refractivity contribution in [2.75, 3.05) is 13.1 Å². The first-order valence-electron chi connectivity index (χ1n) is 5.61. The average molecular weight is 293 g/mol. The fraction of sp³-hybridized carbons (Fsp3) is 0.500. The molecule has 0 unspecified atom stereocenters. The van der Waals surface area contributed by atoms with Gasteiger partial charge in [0.2, 0.25) is 0 Å². The molecule has 2 heterocycles. The van der Waals surface area contributed by atoms with E-state index in [-0.39, 0.29) is 30.7 Å². The van der Waals surface area contributed by atoms with Crippen LogP contribution in [0.4, 0.5) is 0 Å². The number of hydrogen-bond acceptors (Lipinski definition) is 3. The van der Waals surface area contributed by atoms with Crippen LogP contribution in [0, 0.1) is 5.92 Å². The van der Waals surface area contributed by atoms with Crippen molar-refractivity contribution in [1.29, 1.82) is 0 Å². The summed E-state index contributed by atoms with van der Waals surface area (Å²) in [6.45, 7) is 2.37. The lowest BCUT2D eigenvalue weighted by atomic mass is 9.98. The maximum atomic E-state index is 10.9. The van der Waals surface area contributed by atoms with Crippen LogP contribution in [-0.4, -0.2) is 34.0 Å². The Hall–Kier alpha value is -0.840. The van der Waals surface area contributed by atoms with E-state index in [0.717, 1.165) is 31.6 Å². The van der Waals surface area contributed by atoms with Gasteiger partial charge in [0.15, 0.2) is 0 Å². The molecule has 1 fully saturated rings. The lowest BCUT2D eigenvalue weighted by Crippen LogP contribution is -2.38. The van der Waals surface area contributed by atoms with Gasteiger partial charge in [0.05, 0.1) is 11.6 Å². The third-order valence-electron chi connectivity index (χ3n) is 2.97. The molecule has 1 N–H and O–H groups in total. The molecule has 0 amide bonds. The van der Waals surface area contributed by atoms with Gasteiger partial charge in [-0.15, -0.1) is 24.8 Å². The van der Waals surface area contributed by atoms with E-state index in [4.69, 9.17) is 5.11 Å². The zero-order chi connectivity index (χ0) is 11.4. The van der Waals surface area contributed by atoms with Crippen LogP contribution < -0.4 is 0 Å². The molecule has 1 aliphatic heterocycles. The second-order valence-corrected chi connectivity index (χ2v) is 4.23. The summed E-state index contributed by atoms with van der Waals surface area (Å²) in [6, 6.07) is 5.82. The highest BCUT2D eigenvalue weighted by atomic mass is 35.5. The third-order valence-corrected chi connectivity index (χ3v) is 2.97. The predicted molar refractivity (Wildman–Crippen MR) is 74.4 cm³/mol. The topological polar surface area (TPSA) is 53.4 Å². The molecule has 0 spiro atoms. The Labute approximate surface area is 119 Å². The second kappa shape index (κ2) is 8.29. The lowest BCUT2D eigenvalue weighted by molar-refractivity contribution is -0.143. The van der Waals surface area contributed by atoms with Crippen LogP contribution in [-0.2, 0) is 11.3 Å². The fourth-order valence-corrected chi connectivity index (χ4v) is 2.12. The highest BCUT2D eigenvalue weighted by Gasteiger charge is 2.25. The molecule has 1 saturated heterocycles. The van der Waals surface area contributed by atoms with Crippen LogP contribution in [0.5, 0.6) is 0 Å². The number of aliphatic carboxylic acids is 1. The van der Waals surface area contributed by atoms with Crippen LogP contribution in [0.3, 0.4) is 0 Å². The SMILES string of the molecule is Cl.Cl.O=C(O)[C@H]1CCCN(Cc2ccccn2)C1. The van der Waals surface area contributed by atoms with Gasteiger partial charge in [-0.25, -0.2) is 0 Å². The van der Waals surface area contributed by atoms with Crippen molar-refractivity contribution in [3.8, 4) is 0 Å². The van der Waals surface area contributed by atoms with Crippen LogP contribution in [0.2, 0.25) is 0 Å².